The lowest BCUT2D eigenvalue weighted by molar-refractivity contribution is 0.110. The number of nitrogens with one attached hydrogen (secondary N) is 1. The molecular formula is C31H47N7. The first-order valence-electron chi connectivity index (χ1n) is 14.7. The third-order valence-corrected chi connectivity index (χ3v) is 8.93. The van der Waals surface area contributed by atoms with Gasteiger partial charge in [-0.05, 0) is 65.8 Å². The van der Waals surface area contributed by atoms with Gasteiger partial charge in [0, 0.05) is 50.3 Å². The van der Waals surface area contributed by atoms with Gasteiger partial charge in [-0.25, -0.2) is 9.97 Å². The predicted molar refractivity (Wildman–Crippen MR) is 158 cm³/mol. The summed E-state index contributed by atoms with van der Waals surface area (Å²) in [5.74, 6) is 1.18. The Balaban J connectivity index is 1.42. The quantitative estimate of drug-likeness (QED) is 0.452. The van der Waals surface area contributed by atoms with Crippen LogP contribution in [0, 0.1) is 0 Å². The van der Waals surface area contributed by atoms with Crippen LogP contribution in [-0.4, -0.2) is 76.7 Å². The molecular weight excluding hydrogens is 470 g/mol. The minimum absolute atomic E-state index is 0.0806. The molecule has 7 nitrogen and oxygen atoms in total. The number of anilines is 1. The maximum atomic E-state index is 5.29. The van der Waals surface area contributed by atoms with Crippen molar-refractivity contribution in [3.8, 4) is 0 Å². The summed E-state index contributed by atoms with van der Waals surface area (Å²) in [4.78, 5) is 17.9. The molecule has 1 aromatic carbocycles. The van der Waals surface area contributed by atoms with Crippen molar-refractivity contribution in [3.63, 3.8) is 0 Å². The van der Waals surface area contributed by atoms with Gasteiger partial charge in [0.1, 0.15) is 11.3 Å². The summed E-state index contributed by atoms with van der Waals surface area (Å²) in [5, 5.41) is 3.69. The minimum Gasteiger partial charge on any atom is -0.370 e. The number of benzene rings is 1. The SMILES string of the molecule is CCCC(c1nc2cc(N3CCC(c4ccccc4)(N(C)C)CC3)cnc2n1CC)N1CC(C)NC(C)C1. The normalized spacial score (nSPS) is 23.3. The van der Waals surface area contributed by atoms with E-state index in [2.05, 4.69) is 109 Å². The highest BCUT2D eigenvalue weighted by Crippen LogP contribution is 2.39. The predicted octanol–water partition coefficient (Wildman–Crippen LogP) is 5.03. The van der Waals surface area contributed by atoms with Gasteiger partial charge in [0.2, 0.25) is 0 Å². The Morgan fingerprint density at radius 3 is 2.34 bits per heavy atom. The average Bonchev–Trinajstić information content (AvgIpc) is 3.29. The minimum atomic E-state index is 0.0806. The number of hydrogen-bond donors (Lipinski definition) is 1. The topological polar surface area (TPSA) is 52.5 Å². The van der Waals surface area contributed by atoms with Gasteiger partial charge in [-0.2, -0.15) is 0 Å². The number of hydrogen-bond acceptors (Lipinski definition) is 6. The zero-order valence-electron chi connectivity index (χ0n) is 24.3. The van der Waals surface area contributed by atoms with Gasteiger partial charge in [-0.1, -0.05) is 43.7 Å². The molecule has 0 amide bonds. The second-order valence-electron chi connectivity index (χ2n) is 11.8. The third-order valence-electron chi connectivity index (χ3n) is 8.93. The molecule has 0 bridgehead atoms. The highest BCUT2D eigenvalue weighted by molar-refractivity contribution is 5.76. The number of fused-ring (bicyclic) bond motifs is 1. The maximum Gasteiger partial charge on any atom is 0.160 e. The molecule has 7 heteroatoms. The molecule has 2 fully saturated rings. The van der Waals surface area contributed by atoms with Crippen molar-refractivity contribution >= 4 is 16.9 Å². The van der Waals surface area contributed by atoms with E-state index in [0.29, 0.717) is 18.1 Å². The van der Waals surface area contributed by atoms with Crippen molar-refractivity contribution < 1.29 is 0 Å². The maximum absolute atomic E-state index is 5.29. The molecule has 2 aliphatic rings. The average molecular weight is 518 g/mol. The monoisotopic (exact) mass is 517 g/mol. The van der Waals surface area contributed by atoms with E-state index in [4.69, 9.17) is 9.97 Å². The number of piperazine rings is 1. The molecule has 38 heavy (non-hydrogen) atoms. The van der Waals surface area contributed by atoms with Crippen LogP contribution in [0.5, 0.6) is 0 Å². The van der Waals surface area contributed by atoms with Gasteiger partial charge in [0.05, 0.1) is 17.9 Å². The van der Waals surface area contributed by atoms with E-state index in [-0.39, 0.29) is 5.54 Å². The molecule has 2 saturated heterocycles. The number of rotatable bonds is 8. The first kappa shape index (κ1) is 27.1. The summed E-state index contributed by atoms with van der Waals surface area (Å²) >= 11 is 0. The standard InChI is InChI=1S/C31H47N7/c1-7-12-28(37-21-23(3)33-24(4)22-37)30-34-27-19-26(20-32-29(27)38(30)8-2)36-17-15-31(16-18-36,35(5)6)25-13-10-9-11-14-25/h9-11,13-14,19-20,23-24,28,33H,7-8,12,15-18,21-22H2,1-6H3. The number of nitrogens with zero attached hydrogens (tertiary/aromatic N) is 6. The Kier molecular flexibility index (Phi) is 8.08. The number of piperidine rings is 1. The molecule has 206 valence electrons. The summed E-state index contributed by atoms with van der Waals surface area (Å²) in [6.07, 6.45) is 6.53. The zero-order chi connectivity index (χ0) is 26.9. The van der Waals surface area contributed by atoms with E-state index in [1.54, 1.807) is 0 Å². The van der Waals surface area contributed by atoms with Gasteiger partial charge in [-0.15, -0.1) is 0 Å². The lowest BCUT2D eigenvalue weighted by Crippen LogP contribution is -2.55. The summed E-state index contributed by atoms with van der Waals surface area (Å²) in [6, 6.07) is 14.6. The van der Waals surface area contributed by atoms with Gasteiger partial charge < -0.3 is 14.8 Å². The van der Waals surface area contributed by atoms with Gasteiger partial charge in [-0.3, -0.25) is 9.80 Å². The fourth-order valence-electron chi connectivity index (χ4n) is 7.01. The molecule has 3 atom stereocenters. The van der Waals surface area contributed by atoms with Crippen LogP contribution in [0.3, 0.4) is 0 Å². The summed E-state index contributed by atoms with van der Waals surface area (Å²) in [6.45, 7) is 14.1. The van der Waals surface area contributed by atoms with Crippen LogP contribution in [0.4, 0.5) is 5.69 Å². The molecule has 1 N–H and O–H groups in total. The van der Waals surface area contributed by atoms with Crippen LogP contribution >= 0.6 is 0 Å². The van der Waals surface area contributed by atoms with E-state index < -0.39 is 0 Å². The zero-order valence-corrected chi connectivity index (χ0v) is 24.3. The lowest BCUT2D eigenvalue weighted by atomic mass is 9.79. The van der Waals surface area contributed by atoms with Crippen LogP contribution in [0.2, 0.25) is 0 Å². The van der Waals surface area contributed by atoms with E-state index in [9.17, 15) is 0 Å². The van der Waals surface area contributed by atoms with E-state index in [1.807, 2.05) is 0 Å². The van der Waals surface area contributed by atoms with Crippen LogP contribution in [-0.2, 0) is 12.1 Å². The molecule has 4 heterocycles. The van der Waals surface area contributed by atoms with E-state index in [1.165, 1.54) is 17.1 Å². The number of pyridine rings is 1. The highest BCUT2D eigenvalue weighted by atomic mass is 15.3. The molecule has 3 aromatic rings. The number of aryl methyl sites for hydroxylation is 1. The fourth-order valence-corrected chi connectivity index (χ4v) is 7.01. The Bertz CT molecular complexity index is 1190. The third kappa shape index (κ3) is 5.08. The van der Waals surface area contributed by atoms with Crippen molar-refractivity contribution in [2.75, 3.05) is 45.2 Å². The summed E-state index contributed by atoms with van der Waals surface area (Å²) in [5.41, 5.74) is 4.75. The van der Waals surface area contributed by atoms with Gasteiger partial charge in [0.25, 0.3) is 0 Å². The summed E-state index contributed by atoms with van der Waals surface area (Å²) < 4.78 is 2.36. The molecule has 0 spiro atoms. The molecule has 0 saturated carbocycles. The van der Waals surface area contributed by atoms with Crippen molar-refractivity contribution in [1.29, 1.82) is 0 Å². The first-order chi connectivity index (χ1) is 18.4. The fraction of sp³-hybridized carbons (Fsp3) is 0.613. The Morgan fingerprint density at radius 2 is 1.74 bits per heavy atom. The van der Waals surface area contributed by atoms with Crippen LogP contribution in [0.15, 0.2) is 42.6 Å². The van der Waals surface area contributed by atoms with Crippen molar-refractivity contribution in [3.05, 3.63) is 54.0 Å². The van der Waals surface area contributed by atoms with Crippen LogP contribution < -0.4 is 10.2 Å². The number of imidazole rings is 1. The Hall–Kier alpha value is -2.48. The lowest BCUT2D eigenvalue weighted by Gasteiger charge is -2.47. The second-order valence-corrected chi connectivity index (χ2v) is 11.8. The largest absolute Gasteiger partial charge is 0.370 e. The highest BCUT2D eigenvalue weighted by Gasteiger charge is 2.38. The summed E-state index contributed by atoms with van der Waals surface area (Å²) in [7, 11) is 4.45. The van der Waals surface area contributed by atoms with Gasteiger partial charge in [0.15, 0.2) is 5.65 Å². The first-order valence-corrected chi connectivity index (χ1v) is 14.7. The van der Waals surface area contributed by atoms with E-state index in [0.717, 1.165) is 69.6 Å². The molecule has 0 aliphatic carbocycles. The molecule has 3 unspecified atom stereocenters. The van der Waals surface area contributed by atoms with Gasteiger partial charge >= 0.3 is 0 Å². The van der Waals surface area contributed by atoms with Crippen molar-refractivity contribution in [1.82, 2.24) is 29.7 Å². The van der Waals surface area contributed by atoms with Crippen LogP contribution in [0.1, 0.15) is 70.8 Å². The molecule has 0 radical (unpaired) electrons. The number of aromatic nitrogens is 3. The molecule has 5 rings (SSSR count). The van der Waals surface area contributed by atoms with E-state index >= 15 is 0 Å². The Morgan fingerprint density at radius 1 is 1.05 bits per heavy atom. The second kappa shape index (κ2) is 11.3. The van der Waals surface area contributed by atoms with Crippen molar-refractivity contribution in [2.24, 2.45) is 0 Å². The van der Waals surface area contributed by atoms with Crippen LogP contribution in [0.25, 0.3) is 11.2 Å². The Labute approximate surface area is 229 Å². The molecule has 2 aromatic heterocycles. The smallest absolute Gasteiger partial charge is 0.160 e. The molecule has 2 aliphatic heterocycles. The van der Waals surface area contributed by atoms with Crippen molar-refractivity contribution in [2.45, 2.75) is 83.6 Å².